The van der Waals surface area contributed by atoms with E-state index >= 15 is 0 Å². The van der Waals surface area contributed by atoms with Gasteiger partial charge in [0.15, 0.2) is 0 Å². The summed E-state index contributed by atoms with van der Waals surface area (Å²) < 4.78 is 25.3. The topological polar surface area (TPSA) is 165 Å². The molecule has 196 valence electrons. The van der Waals surface area contributed by atoms with Gasteiger partial charge in [0, 0.05) is 30.6 Å². The summed E-state index contributed by atoms with van der Waals surface area (Å²) in [5, 5.41) is 23.4. The van der Waals surface area contributed by atoms with Crippen molar-refractivity contribution >= 4 is 39.2 Å². The van der Waals surface area contributed by atoms with Crippen LogP contribution in [0, 0.1) is 22.7 Å². The van der Waals surface area contributed by atoms with E-state index in [1.165, 1.54) is 11.8 Å². The third-order valence-electron chi connectivity index (χ3n) is 6.01. The Labute approximate surface area is 222 Å². The number of sulfonamides is 1. The number of carbonyl (C=O) groups is 1. The maximum absolute atomic E-state index is 12.0. The first-order valence-corrected chi connectivity index (χ1v) is 14.8. The number of nitrogens with zero attached hydrogens (tertiary/aromatic N) is 4. The molecule has 2 aromatic rings. The molecule has 0 bridgehead atoms. The average Bonchev–Trinajstić information content (AvgIpc) is 2.86. The van der Waals surface area contributed by atoms with Crippen LogP contribution in [0.25, 0.3) is 0 Å². The van der Waals surface area contributed by atoms with Gasteiger partial charge in [0.2, 0.25) is 15.9 Å². The van der Waals surface area contributed by atoms with Gasteiger partial charge in [-0.2, -0.15) is 10.5 Å². The fraction of sp³-hybridized carbons (Fsp3) is 0.440. The first-order chi connectivity index (χ1) is 17.6. The molecular weight excluding hydrogens is 510 g/mol. The fourth-order valence-electron chi connectivity index (χ4n) is 4.12. The van der Waals surface area contributed by atoms with E-state index in [9.17, 15) is 23.7 Å². The van der Waals surface area contributed by atoms with E-state index in [-0.39, 0.29) is 11.9 Å². The zero-order valence-corrected chi connectivity index (χ0v) is 22.7. The molecule has 3 rings (SSSR count). The van der Waals surface area contributed by atoms with Crippen LogP contribution in [0.1, 0.15) is 48.9 Å². The number of hydrogen-bond acceptors (Lipinski definition) is 9. The molecular formula is C25H31N7O3S2. The molecule has 1 aliphatic heterocycles. The Morgan fingerprint density at radius 2 is 1.84 bits per heavy atom. The minimum Gasteiger partial charge on any atom is -0.355 e. The molecule has 0 spiro atoms. The Morgan fingerprint density at radius 3 is 2.35 bits per heavy atom. The number of amides is 1. The molecule has 1 aromatic carbocycles. The van der Waals surface area contributed by atoms with Crippen molar-refractivity contribution < 1.29 is 13.2 Å². The van der Waals surface area contributed by atoms with Crippen molar-refractivity contribution in [1.29, 1.82) is 10.5 Å². The molecule has 12 heteroatoms. The summed E-state index contributed by atoms with van der Waals surface area (Å²) in [6.07, 6.45) is 3.01. The zero-order valence-electron chi connectivity index (χ0n) is 21.1. The number of pyridine rings is 1. The standard InChI is InChI=1S/C25H31N7O3S2/c1-4-20-21(13-26)23(32-11-9-18(10-12-32)29-24(33)16(2)28)30-25(22(20)14-27)36-15-17-5-7-19(8-6-17)31-37(3,34)35/h5-8,16,18,31H,4,9-12,15,28H2,1-3H3,(H,29,33). The van der Waals surface area contributed by atoms with Gasteiger partial charge in [0.1, 0.15) is 23.0 Å². The van der Waals surface area contributed by atoms with Crippen LogP contribution in [0.4, 0.5) is 11.5 Å². The lowest BCUT2D eigenvalue weighted by atomic mass is 9.99. The second kappa shape index (κ2) is 12.3. The summed E-state index contributed by atoms with van der Waals surface area (Å²) in [5.74, 6) is 0.894. The summed E-state index contributed by atoms with van der Waals surface area (Å²) in [6.45, 7) is 4.79. The maximum Gasteiger partial charge on any atom is 0.236 e. The smallest absolute Gasteiger partial charge is 0.236 e. The predicted molar refractivity (Wildman–Crippen MR) is 145 cm³/mol. The molecule has 1 fully saturated rings. The van der Waals surface area contributed by atoms with Crippen LogP contribution in [-0.2, 0) is 27.0 Å². The Kier molecular flexibility index (Phi) is 9.38. The highest BCUT2D eigenvalue weighted by Crippen LogP contribution is 2.34. The molecule has 0 radical (unpaired) electrons. The molecule has 1 aromatic heterocycles. The number of thioether (sulfide) groups is 1. The van der Waals surface area contributed by atoms with Gasteiger partial charge in [-0.1, -0.05) is 19.1 Å². The van der Waals surface area contributed by atoms with E-state index in [0.29, 0.717) is 71.3 Å². The van der Waals surface area contributed by atoms with Crippen LogP contribution in [0.15, 0.2) is 29.3 Å². The molecule has 0 aliphatic carbocycles. The van der Waals surface area contributed by atoms with E-state index in [2.05, 4.69) is 22.2 Å². The summed E-state index contributed by atoms with van der Waals surface area (Å²) in [7, 11) is -3.36. The monoisotopic (exact) mass is 541 g/mol. The molecule has 2 heterocycles. The third kappa shape index (κ3) is 7.35. The lowest BCUT2D eigenvalue weighted by Gasteiger charge is -2.34. The lowest BCUT2D eigenvalue weighted by Crippen LogP contribution is -2.49. The van der Waals surface area contributed by atoms with Crippen molar-refractivity contribution in [3.8, 4) is 12.1 Å². The molecule has 1 amide bonds. The van der Waals surface area contributed by atoms with Crippen molar-refractivity contribution in [3.05, 3.63) is 46.5 Å². The molecule has 1 atom stereocenters. The van der Waals surface area contributed by atoms with Gasteiger partial charge in [-0.15, -0.1) is 11.8 Å². The van der Waals surface area contributed by atoms with Crippen LogP contribution in [0.3, 0.4) is 0 Å². The van der Waals surface area contributed by atoms with Gasteiger partial charge in [-0.25, -0.2) is 13.4 Å². The molecule has 1 unspecified atom stereocenters. The van der Waals surface area contributed by atoms with Gasteiger partial charge in [-0.05, 0) is 49.4 Å². The molecule has 1 saturated heterocycles. The third-order valence-corrected chi connectivity index (χ3v) is 7.67. The summed E-state index contributed by atoms with van der Waals surface area (Å²) in [6, 6.07) is 11.0. The number of nitrogens with two attached hydrogens (primary N) is 1. The van der Waals surface area contributed by atoms with Crippen LogP contribution >= 0.6 is 11.8 Å². The normalized spacial score (nSPS) is 14.9. The highest BCUT2D eigenvalue weighted by atomic mass is 32.2. The first-order valence-electron chi connectivity index (χ1n) is 11.9. The van der Waals surface area contributed by atoms with Gasteiger partial charge >= 0.3 is 0 Å². The van der Waals surface area contributed by atoms with E-state index in [1.54, 1.807) is 19.1 Å². The summed E-state index contributed by atoms with van der Waals surface area (Å²) in [5.41, 5.74) is 8.57. The average molecular weight is 542 g/mol. The number of nitrogens with one attached hydrogen (secondary N) is 2. The molecule has 4 N–H and O–H groups in total. The van der Waals surface area contributed by atoms with Crippen molar-refractivity contribution in [2.24, 2.45) is 5.73 Å². The number of aromatic nitrogens is 1. The highest BCUT2D eigenvalue weighted by molar-refractivity contribution is 7.98. The predicted octanol–water partition coefficient (Wildman–Crippen LogP) is 2.48. The Bertz CT molecular complexity index is 1320. The SMILES string of the molecule is CCc1c(C#N)c(SCc2ccc(NS(C)(=O)=O)cc2)nc(N2CCC(NC(=O)C(C)N)CC2)c1C#N. The van der Waals surface area contributed by atoms with Crippen LogP contribution < -0.4 is 20.7 Å². The largest absolute Gasteiger partial charge is 0.355 e. The Balaban J connectivity index is 1.83. The number of piperidine rings is 1. The van der Waals surface area contributed by atoms with E-state index < -0.39 is 16.1 Å². The van der Waals surface area contributed by atoms with Gasteiger partial charge in [-0.3, -0.25) is 9.52 Å². The highest BCUT2D eigenvalue weighted by Gasteiger charge is 2.27. The molecule has 1 aliphatic rings. The number of anilines is 2. The second-order valence-electron chi connectivity index (χ2n) is 8.96. The Morgan fingerprint density at radius 1 is 1.22 bits per heavy atom. The van der Waals surface area contributed by atoms with Crippen molar-refractivity contribution in [3.63, 3.8) is 0 Å². The lowest BCUT2D eigenvalue weighted by molar-refractivity contribution is -0.122. The second-order valence-corrected chi connectivity index (χ2v) is 11.7. The Hall–Kier alpha value is -3.32. The first kappa shape index (κ1) is 28.3. The number of nitriles is 2. The summed E-state index contributed by atoms with van der Waals surface area (Å²) in [4.78, 5) is 18.8. The fourth-order valence-corrected chi connectivity index (χ4v) is 5.64. The van der Waals surface area contributed by atoms with Crippen LogP contribution in [0.5, 0.6) is 0 Å². The van der Waals surface area contributed by atoms with E-state index in [1.807, 2.05) is 24.0 Å². The molecule has 10 nitrogen and oxygen atoms in total. The van der Waals surface area contributed by atoms with Gasteiger partial charge < -0.3 is 16.0 Å². The summed E-state index contributed by atoms with van der Waals surface area (Å²) >= 11 is 1.40. The number of carbonyl (C=O) groups excluding carboxylic acids is 1. The van der Waals surface area contributed by atoms with Gasteiger partial charge in [0.25, 0.3) is 0 Å². The van der Waals surface area contributed by atoms with Crippen molar-refractivity contribution in [2.45, 2.75) is 56.0 Å². The zero-order chi connectivity index (χ0) is 27.2. The van der Waals surface area contributed by atoms with Crippen molar-refractivity contribution in [2.75, 3.05) is 29.0 Å². The van der Waals surface area contributed by atoms with Crippen LogP contribution in [-0.4, -0.2) is 50.7 Å². The number of rotatable bonds is 9. The van der Waals surface area contributed by atoms with Gasteiger partial charge in [0.05, 0.1) is 23.4 Å². The van der Waals surface area contributed by atoms with E-state index in [0.717, 1.165) is 11.8 Å². The van der Waals surface area contributed by atoms with Crippen molar-refractivity contribution in [1.82, 2.24) is 10.3 Å². The minimum atomic E-state index is -3.36. The quantitative estimate of drug-likeness (QED) is 0.404. The number of benzene rings is 1. The minimum absolute atomic E-state index is 0.0123. The number of hydrogen-bond donors (Lipinski definition) is 3. The molecule has 0 saturated carbocycles. The van der Waals surface area contributed by atoms with E-state index in [4.69, 9.17) is 10.7 Å². The maximum atomic E-state index is 12.0. The molecule has 37 heavy (non-hydrogen) atoms. The van der Waals surface area contributed by atoms with Crippen LogP contribution in [0.2, 0.25) is 0 Å².